The maximum atomic E-state index is 14.8. The molecular weight excluding hydrogens is 1790 g/mol. The minimum absolute atomic E-state index is 0.0590. The third-order valence-electron chi connectivity index (χ3n) is 18.3. The Hall–Kier alpha value is -11.5. The zero-order valence-electron chi connectivity index (χ0n) is 67.1. The molecule has 34 N–H and O–H groups in total. The summed E-state index contributed by atoms with van der Waals surface area (Å²) in [6, 6.07) is -19.9. The monoisotopic (exact) mass is 1900 g/mol. The number of nitrogens with two attached hydrogens (primary N) is 5. The normalized spacial score (nSPS) is 25.0. The van der Waals surface area contributed by atoms with Crippen molar-refractivity contribution in [3.05, 3.63) is 54.2 Å². The minimum Gasteiger partial charge on any atom is -0.394 e. The molecule has 0 radical (unpaired) electrons. The molecule has 53 heteroatoms. The van der Waals surface area contributed by atoms with Crippen LogP contribution in [0.25, 0.3) is 10.9 Å². The number of nitrogens with one attached hydrogen (secondary N) is 20. The van der Waals surface area contributed by atoms with Crippen molar-refractivity contribution in [3.63, 3.8) is 0 Å². The van der Waals surface area contributed by atoms with Gasteiger partial charge >= 0.3 is 394 Å². The number of carbonyl (C=O) groups excluding carboxylic acids is 17. The summed E-state index contributed by atoms with van der Waals surface area (Å²) < 4.78 is 0. The summed E-state index contributed by atoms with van der Waals surface area (Å²) in [5.41, 5.74) is 29.4. The summed E-state index contributed by atoms with van der Waals surface area (Å²) in [4.78, 5) is 266. The molecular formula is C70H107N27O22S2Se2. The van der Waals surface area contributed by atoms with Crippen LogP contribution in [0, 0.1) is 10.8 Å². The molecule has 4 heterocycles. The average molecular weight is 1900 g/mol. The fraction of sp³-hybridized carbons (Fsp3) is 0.557. The van der Waals surface area contributed by atoms with Gasteiger partial charge in [-0.25, -0.2) is 4.98 Å². The van der Waals surface area contributed by atoms with E-state index in [4.69, 9.17) is 39.5 Å². The molecule has 0 saturated carbocycles. The molecule has 2 saturated heterocycles. The molecule has 2 bridgehead atoms. The van der Waals surface area contributed by atoms with Gasteiger partial charge in [0.1, 0.15) is 30.2 Å². The summed E-state index contributed by atoms with van der Waals surface area (Å²) in [6.45, 7) is -0.859. The predicted octanol–water partition coefficient (Wildman–Crippen LogP) is -12.6. The van der Waals surface area contributed by atoms with Gasteiger partial charge in [0, 0.05) is 42.8 Å². The molecule has 49 nitrogen and oxygen atoms in total. The summed E-state index contributed by atoms with van der Waals surface area (Å²) in [5.74, 6) is -23.7. The predicted molar refractivity (Wildman–Crippen MR) is 443 cm³/mol. The van der Waals surface area contributed by atoms with Crippen molar-refractivity contribution >= 4 is 177 Å². The summed E-state index contributed by atoms with van der Waals surface area (Å²) in [6.07, 6.45) is 0.679. The number of benzene rings is 1. The second-order valence-corrected chi connectivity index (χ2v) is 38.2. The number of aliphatic carboxylic acids is 1. The number of imidazole rings is 1. The SMILES string of the molecule is CCCCN1CC(=O)N[C@@H](Cc2c[nH]c3ccccc23)C(=O)N[C@@H](C)C(=O)N[C@@H](CCCNC(=N)N)C(=O)N[C@@H](CC(=O)O)C(=O)N[C@@H](Cc2c[nH]cn2)C(=O)N[C@@H](CO)C(=O)N[C@@H](CCCNC(=N)N)C(=O)N[C@H]2C[Se][Se]C[C@H](NC(=O)[C@H](C)N)C(=O)N[C@@H](CC(N)=O)C(=O)N[C@@H](CSSC[C@@H](C(N)=O)NC2=O)C(=O)N[C@@H](CO)C(=O)N[C@@H](CO)C1=O. The van der Waals surface area contributed by atoms with E-state index >= 15 is 0 Å². The molecule has 5 rings (SSSR count). The fourth-order valence-corrected chi connectivity index (χ4v) is 21.0. The Balaban J connectivity index is 1.68. The van der Waals surface area contributed by atoms with E-state index in [-0.39, 0.29) is 74.5 Å². The number of aromatic amines is 2. The van der Waals surface area contributed by atoms with Crippen LogP contribution in [-0.2, 0) is 99.1 Å². The van der Waals surface area contributed by atoms with Crippen LogP contribution in [0.2, 0.25) is 10.6 Å². The van der Waals surface area contributed by atoms with Crippen molar-refractivity contribution < 1.29 is 107 Å². The standard InChI is InChI=1S/C70H107N27O22S2Se2/c1-4-5-16-97-23-52(102)84-40(17-34-21-81-37-11-7-6-10-36(34)37)59(110)83-33(3)56(107)85-38(12-8-14-79-69(74)75)57(108)89-43(20-53(103)104)62(113)87-41(18-35-22-78-31-82-35)60(111)90-44(24-98)63(114)86-39(13-9-15-80-70(76)77)58(109)96-50-30-123-122-29-49(95-55(106)32(2)71)66(117)88-42(19-51(72)101)61(112)94-48(28-121-120-27-47(54(73)105)93-67(50)118)65(116)91-45(25-99)64(115)92-46(26-100)68(97)119/h6-7,10-11,21-22,31-33,38-50,81,98-100H,4-5,8-9,12-20,23-30,71H2,1-3H3,(H2,72,101)(H2,73,105)(H,78,82)(H,83,110)(H,84,102)(H,85,107)(H,86,114)(H,87,113)(H,88,117)(H,89,108)(H,90,111)(H,91,116)(H,92,115)(H,93,118)(H,94,112)(H,95,106)(H,96,109)(H,103,104)(H4,74,75,79)(H4,76,77,80)/t32-,33-,38-,39-,40-,41-,42-,43-,44-,45-,46-,47-,48-,49-,50-/m0/s1. The van der Waals surface area contributed by atoms with E-state index in [1.54, 1.807) is 37.4 Å². The first kappa shape index (κ1) is 102. The topological polar surface area (TPSA) is 806 Å². The third kappa shape index (κ3) is 34.8. The van der Waals surface area contributed by atoms with Crippen molar-refractivity contribution in [1.29, 1.82) is 10.8 Å². The molecule has 15 atom stereocenters. The number of fused-ring (bicyclic) bond motifs is 9. The Bertz CT molecular complexity index is 4250. The van der Waals surface area contributed by atoms with Gasteiger partial charge in [0.2, 0.25) is 35.4 Å². The molecule has 123 heavy (non-hydrogen) atoms. The smallest absolute Gasteiger partial charge is 0.394 e. The third-order valence-corrected chi connectivity index (χ3v) is 27.8. The van der Waals surface area contributed by atoms with E-state index < -0.39 is 292 Å². The number of amides is 17. The van der Waals surface area contributed by atoms with Gasteiger partial charge in [-0.05, 0) is 37.8 Å². The molecule has 2 fully saturated rings. The van der Waals surface area contributed by atoms with Gasteiger partial charge in [-0.1, -0.05) is 31.5 Å². The number of aromatic nitrogens is 3. The number of aliphatic hydroxyl groups is 3. The molecule has 1 aromatic carbocycles. The van der Waals surface area contributed by atoms with E-state index in [0.717, 1.165) is 15.7 Å². The number of guanidine groups is 2. The van der Waals surface area contributed by atoms with Crippen LogP contribution in [0.15, 0.2) is 43.0 Å². The molecule has 2 aliphatic heterocycles. The van der Waals surface area contributed by atoms with Gasteiger partial charge in [-0.15, -0.1) is 0 Å². The Morgan fingerprint density at radius 2 is 1.07 bits per heavy atom. The molecule has 2 aliphatic rings. The van der Waals surface area contributed by atoms with Gasteiger partial charge in [0.25, 0.3) is 0 Å². The Kier molecular flexibility index (Phi) is 43.3. The zero-order valence-corrected chi connectivity index (χ0v) is 72.2. The number of carboxylic acids is 1. The summed E-state index contributed by atoms with van der Waals surface area (Å²) >= 11 is -1.67. The van der Waals surface area contributed by atoms with Crippen LogP contribution < -0.4 is 114 Å². The summed E-state index contributed by atoms with van der Waals surface area (Å²) in [5, 5.41) is 96.4. The van der Waals surface area contributed by atoms with Crippen molar-refractivity contribution in [3.8, 4) is 0 Å². The number of rotatable bonds is 25. The first-order valence-corrected chi connectivity index (χ1v) is 47.7. The van der Waals surface area contributed by atoms with E-state index in [2.05, 4.69) is 100 Å². The quantitative estimate of drug-likeness (QED) is 0.0123. The minimum atomic E-state index is -2.11. The van der Waals surface area contributed by atoms with E-state index in [1.165, 1.54) is 26.4 Å². The molecule has 0 aliphatic carbocycles. The van der Waals surface area contributed by atoms with E-state index in [0.29, 0.717) is 33.7 Å². The first-order valence-electron chi connectivity index (χ1n) is 38.4. The number of carboxylic acid groups (broad SMARTS) is 1. The molecule has 678 valence electrons. The van der Waals surface area contributed by atoms with Crippen molar-refractivity contribution in [1.82, 2.24) is 105 Å². The number of nitrogens with zero attached hydrogens (tertiary/aromatic N) is 2. The first-order chi connectivity index (χ1) is 58.4. The molecule has 0 unspecified atom stereocenters. The van der Waals surface area contributed by atoms with Gasteiger partial charge in [-0.3, -0.25) is 43.8 Å². The number of hydrogen-bond acceptors (Lipinski definition) is 27. The number of primary amides is 2. The number of unbranched alkanes of at least 4 members (excludes halogenated alkanes) is 1. The van der Waals surface area contributed by atoms with E-state index in [9.17, 15) is 107 Å². The van der Waals surface area contributed by atoms with Crippen LogP contribution >= 0.6 is 21.6 Å². The second kappa shape index (κ2) is 52.1. The Morgan fingerprint density at radius 1 is 0.569 bits per heavy atom. The van der Waals surface area contributed by atoms with Crippen LogP contribution in [0.5, 0.6) is 0 Å². The molecule has 2 aromatic heterocycles. The number of para-hydroxylation sites is 1. The fourth-order valence-electron chi connectivity index (χ4n) is 11.7. The molecule has 17 amide bonds. The second-order valence-electron chi connectivity index (χ2n) is 28.1. The number of hydrogen-bond donors (Lipinski definition) is 29. The maximum absolute atomic E-state index is 14.8. The van der Waals surface area contributed by atoms with Gasteiger partial charge < -0.3 is 67.8 Å². The summed E-state index contributed by atoms with van der Waals surface area (Å²) in [7, 11) is 1.46. The van der Waals surface area contributed by atoms with Crippen LogP contribution in [0.1, 0.15) is 83.4 Å². The van der Waals surface area contributed by atoms with Crippen molar-refractivity contribution in [2.75, 3.05) is 57.5 Å². The van der Waals surface area contributed by atoms with Gasteiger partial charge in [0.05, 0.1) is 31.6 Å². The van der Waals surface area contributed by atoms with E-state index in [1.807, 2.05) is 0 Å². The number of aliphatic hydroxyl groups excluding tert-OH is 3. The van der Waals surface area contributed by atoms with Crippen molar-refractivity contribution in [2.45, 2.75) is 186 Å². The Labute approximate surface area is 722 Å². The number of H-pyrrole nitrogens is 2. The van der Waals surface area contributed by atoms with Gasteiger partial charge in [-0.2, -0.15) is 0 Å². The van der Waals surface area contributed by atoms with Crippen LogP contribution in [0.3, 0.4) is 0 Å². The molecule has 0 spiro atoms. The molecule has 3 aromatic rings. The Morgan fingerprint density at radius 3 is 1.65 bits per heavy atom. The van der Waals surface area contributed by atoms with Crippen LogP contribution in [-0.4, -0.2) is 333 Å². The van der Waals surface area contributed by atoms with Gasteiger partial charge in [0.15, 0.2) is 5.96 Å². The van der Waals surface area contributed by atoms with Crippen molar-refractivity contribution in [2.24, 2.45) is 28.7 Å². The average Bonchev–Trinajstić information content (AvgIpc) is 1.70. The van der Waals surface area contributed by atoms with Crippen LogP contribution in [0.4, 0.5) is 0 Å². The zero-order chi connectivity index (χ0) is 91.2. The number of carbonyl (C=O) groups is 18.